The first-order valence-corrected chi connectivity index (χ1v) is 6.15. The highest BCUT2D eigenvalue weighted by atomic mass is 16.4. The van der Waals surface area contributed by atoms with Crippen LogP contribution >= 0.6 is 0 Å². The van der Waals surface area contributed by atoms with E-state index < -0.39 is 0 Å². The van der Waals surface area contributed by atoms with Gasteiger partial charge >= 0.3 is 0 Å². The second kappa shape index (κ2) is 6.33. The first-order chi connectivity index (χ1) is 8.83. The summed E-state index contributed by atoms with van der Waals surface area (Å²) >= 11 is 0. The number of nitrogens with zero attached hydrogens (tertiary/aromatic N) is 1. The molecule has 0 unspecified atom stereocenters. The van der Waals surface area contributed by atoms with Gasteiger partial charge in [-0.25, -0.2) is 0 Å². The third-order valence-electron chi connectivity index (χ3n) is 2.83. The predicted molar refractivity (Wildman–Crippen MR) is 68.8 cm³/mol. The molecule has 0 bridgehead atoms. The van der Waals surface area contributed by atoms with Gasteiger partial charge in [-0.05, 0) is 30.2 Å². The summed E-state index contributed by atoms with van der Waals surface area (Å²) in [6, 6.07) is 7.72. The van der Waals surface area contributed by atoms with Crippen LogP contribution in [-0.4, -0.2) is 10.1 Å². The molecular formula is C14H18N2O2. The minimum atomic E-state index is -0.0553. The molecule has 0 spiro atoms. The van der Waals surface area contributed by atoms with Gasteiger partial charge in [0, 0.05) is 12.7 Å². The van der Waals surface area contributed by atoms with Crippen molar-refractivity contribution in [3.8, 4) is 0 Å². The van der Waals surface area contributed by atoms with E-state index in [4.69, 9.17) is 9.52 Å². The van der Waals surface area contributed by atoms with Crippen molar-refractivity contribution in [1.82, 2.24) is 10.3 Å². The van der Waals surface area contributed by atoms with E-state index >= 15 is 0 Å². The van der Waals surface area contributed by atoms with Crippen LogP contribution in [0.4, 0.5) is 0 Å². The highest BCUT2D eigenvalue weighted by Crippen LogP contribution is 2.09. The molecule has 0 aliphatic heterocycles. The summed E-state index contributed by atoms with van der Waals surface area (Å²) in [4.78, 5) is 4.37. The average molecular weight is 246 g/mol. The molecule has 0 amide bonds. The van der Waals surface area contributed by atoms with Gasteiger partial charge in [0.25, 0.3) is 0 Å². The molecule has 0 aliphatic carbocycles. The van der Waals surface area contributed by atoms with E-state index in [0.717, 1.165) is 24.4 Å². The maximum absolute atomic E-state index is 8.90. The number of nitrogens with one attached hydrogen (secondary N) is 1. The third-order valence-corrected chi connectivity index (χ3v) is 2.83. The van der Waals surface area contributed by atoms with Crippen LogP contribution in [0.3, 0.4) is 0 Å². The van der Waals surface area contributed by atoms with Gasteiger partial charge < -0.3 is 14.8 Å². The van der Waals surface area contributed by atoms with Gasteiger partial charge in [0.2, 0.25) is 0 Å². The van der Waals surface area contributed by atoms with Crippen molar-refractivity contribution in [3.63, 3.8) is 0 Å². The maximum atomic E-state index is 8.90. The number of aryl methyl sites for hydroxylation is 1. The molecule has 2 rings (SSSR count). The molecule has 2 aromatic heterocycles. The van der Waals surface area contributed by atoms with Crippen molar-refractivity contribution >= 4 is 0 Å². The van der Waals surface area contributed by atoms with Crippen LogP contribution in [-0.2, 0) is 26.1 Å². The number of aromatic nitrogens is 1. The molecule has 0 atom stereocenters. The van der Waals surface area contributed by atoms with Gasteiger partial charge in [0.1, 0.15) is 18.1 Å². The zero-order chi connectivity index (χ0) is 12.8. The SMILES string of the molecule is CCc1cccnc1CNCc1ccc(CO)o1. The molecule has 0 aromatic carbocycles. The molecule has 0 saturated carbocycles. The molecule has 0 radical (unpaired) electrons. The van der Waals surface area contributed by atoms with Gasteiger partial charge in [-0.2, -0.15) is 0 Å². The number of pyridine rings is 1. The number of hydrogen-bond acceptors (Lipinski definition) is 4. The van der Waals surface area contributed by atoms with Crippen molar-refractivity contribution in [1.29, 1.82) is 0 Å². The summed E-state index contributed by atoms with van der Waals surface area (Å²) in [5.74, 6) is 1.42. The van der Waals surface area contributed by atoms with Gasteiger partial charge in [-0.1, -0.05) is 13.0 Å². The minimum absolute atomic E-state index is 0.0553. The van der Waals surface area contributed by atoms with E-state index in [0.29, 0.717) is 12.3 Å². The fraction of sp³-hybridized carbons (Fsp3) is 0.357. The Kier molecular flexibility index (Phi) is 4.50. The molecule has 18 heavy (non-hydrogen) atoms. The summed E-state index contributed by atoms with van der Waals surface area (Å²) in [5.41, 5.74) is 2.34. The fourth-order valence-electron chi connectivity index (χ4n) is 1.86. The zero-order valence-electron chi connectivity index (χ0n) is 10.5. The fourth-order valence-corrected chi connectivity index (χ4v) is 1.86. The molecule has 4 heteroatoms. The second-order valence-electron chi connectivity index (χ2n) is 4.09. The lowest BCUT2D eigenvalue weighted by Gasteiger charge is -2.06. The van der Waals surface area contributed by atoms with E-state index in [1.807, 2.05) is 18.3 Å². The highest BCUT2D eigenvalue weighted by Gasteiger charge is 2.03. The lowest BCUT2D eigenvalue weighted by molar-refractivity contribution is 0.242. The number of hydrogen-bond donors (Lipinski definition) is 2. The van der Waals surface area contributed by atoms with Crippen molar-refractivity contribution in [3.05, 3.63) is 53.2 Å². The molecule has 2 aromatic rings. The standard InChI is InChI=1S/C14H18N2O2/c1-2-11-4-3-7-16-14(11)9-15-8-12-5-6-13(10-17)18-12/h3-7,15,17H,2,8-10H2,1H3. The molecule has 0 saturated heterocycles. The highest BCUT2D eigenvalue weighted by molar-refractivity contribution is 5.19. The Bertz CT molecular complexity index is 494. The summed E-state index contributed by atoms with van der Waals surface area (Å²) in [7, 11) is 0. The molecule has 2 N–H and O–H groups in total. The van der Waals surface area contributed by atoms with Gasteiger partial charge in [-0.15, -0.1) is 0 Å². The normalized spacial score (nSPS) is 10.8. The van der Waals surface area contributed by atoms with E-state index in [1.165, 1.54) is 5.56 Å². The smallest absolute Gasteiger partial charge is 0.129 e. The van der Waals surface area contributed by atoms with Crippen molar-refractivity contribution in [2.24, 2.45) is 0 Å². The van der Waals surface area contributed by atoms with Crippen molar-refractivity contribution in [2.45, 2.75) is 33.0 Å². The summed E-state index contributed by atoms with van der Waals surface area (Å²) in [5, 5.41) is 12.2. The third kappa shape index (κ3) is 3.18. The summed E-state index contributed by atoms with van der Waals surface area (Å²) in [6.07, 6.45) is 2.80. The molecule has 0 fully saturated rings. The lowest BCUT2D eigenvalue weighted by atomic mass is 10.1. The van der Waals surface area contributed by atoms with Crippen LogP contribution in [0.5, 0.6) is 0 Å². The first kappa shape index (κ1) is 12.8. The van der Waals surface area contributed by atoms with Crippen LogP contribution in [0.2, 0.25) is 0 Å². The van der Waals surface area contributed by atoms with E-state index in [2.05, 4.69) is 23.3 Å². The first-order valence-electron chi connectivity index (χ1n) is 6.15. The monoisotopic (exact) mass is 246 g/mol. The number of aliphatic hydroxyl groups excluding tert-OH is 1. The maximum Gasteiger partial charge on any atom is 0.129 e. The Hall–Kier alpha value is -1.65. The average Bonchev–Trinajstić information content (AvgIpc) is 2.87. The van der Waals surface area contributed by atoms with Crippen LogP contribution in [0.15, 0.2) is 34.9 Å². The zero-order valence-corrected chi connectivity index (χ0v) is 10.5. The van der Waals surface area contributed by atoms with E-state index in [9.17, 15) is 0 Å². The van der Waals surface area contributed by atoms with Crippen LogP contribution in [0.1, 0.15) is 29.7 Å². The topological polar surface area (TPSA) is 58.3 Å². The van der Waals surface area contributed by atoms with Gasteiger partial charge in [-0.3, -0.25) is 4.98 Å². The number of aliphatic hydroxyl groups is 1. The van der Waals surface area contributed by atoms with Crippen LogP contribution in [0, 0.1) is 0 Å². The Labute approximate surface area is 107 Å². The molecular weight excluding hydrogens is 228 g/mol. The predicted octanol–water partition coefficient (Wildman–Crippen LogP) is 2.02. The van der Waals surface area contributed by atoms with Crippen molar-refractivity contribution in [2.75, 3.05) is 0 Å². The Balaban J connectivity index is 1.88. The van der Waals surface area contributed by atoms with Gasteiger partial charge in [0.15, 0.2) is 0 Å². The van der Waals surface area contributed by atoms with Crippen LogP contribution < -0.4 is 5.32 Å². The van der Waals surface area contributed by atoms with Crippen LogP contribution in [0.25, 0.3) is 0 Å². The quantitative estimate of drug-likeness (QED) is 0.818. The molecule has 96 valence electrons. The lowest BCUT2D eigenvalue weighted by Crippen LogP contribution is -2.14. The minimum Gasteiger partial charge on any atom is -0.462 e. The Morgan fingerprint density at radius 1 is 1.22 bits per heavy atom. The summed E-state index contributed by atoms with van der Waals surface area (Å²) in [6.45, 7) is 3.43. The number of rotatable bonds is 6. The summed E-state index contributed by atoms with van der Waals surface area (Å²) < 4.78 is 5.39. The molecule has 2 heterocycles. The molecule has 4 nitrogen and oxygen atoms in total. The largest absolute Gasteiger partial charge is 0.462 e. The number of furan rings is 1. The van der Waals surface area contributed by atoms with E-state index in [-0.39, 0.29) is 6.61 Å². The van der Waals surface area contributed by atoms with E-state index in [1.54, 1.807) is 6.07 Å². The Morgan fingerprint density at radius 2 is 2.06 bits per heavy atom. The van der Waals surface area contributed by atoms with Crippen molar-refractivity contribution < 1.29 is 9.52 Å². The Morgan fingerprint density at radius 3 is 2.78 bits per heavy atom. The molecule has 0 aliphatic rings. The second-order valence-corrected chi connectivity index (χ2v) is 4.09. The van der Waals surface area contributed by atoms with Gasteiger partial charge in [0.05, 0.1) is 12.2 Å².